The maximum absolute atomic E-state index is 11.6. The van der Waals surface area contributed by atoms with Crippen molar-refractivity contribution < 1.29 is 9.90 Å². The van der Waals surface area contributed by atoms with Crippen molar-refractivity contribution in [3.8, 4) is 0 Å². The number of aromatic amines is 1. The first-order valence-corrected chi connectivity index (χ1v) is 6.12. The third kappa shape index (κ3) is 2.07. The normalized spacial score (nSPS) is 20.2. The van der Waals surface area contributed by atoms with Gasteiger partial charge in [-0.25, -0.2) is 4.79 Å². The molecule has 1 aromatic heterocycles. The van der Waals surface area contributed by atoms with Gasteiger partial charge in [0, 0.05) is 11.8 Å². The van der Waals surface area contributed by atoms with Crippen LogP contribution in [0.4, 0.5) is 0 Å². The number of carbonyl (C=O) groups is 1. The van der Waals surface area contributed by atoms with Gasteiger partial charge in [-0.3, -0.25) is 4.79 Å². The summed E-state index contributed by atoms with van der Waals surface area (Å²) in [5.74, 6) is -1.02. The largest absolute Gasteiger partial charge is 0.478 e. The van der Waals surface area contributed by atoms with Gasteiger partial charge in [-0.15, -0.1) is 0 Å². The first kappa shape index (κ1) is 12.9. The molecule has 4 heteroatoms. The van der Waals surface area contributed by atoms with Crippen LogP contribution in [0.3, 0.4) is 0 Å². The van der Waals surface area contributed by atoms with Crippen LogP contribution < -0.4 is 5.56 Å². The minimum absolute atomic E-state index is 0.0660. The number of H-pyrrole nitrogens is 1. The molecule has 0 unspecified atom stereocenters. The summed E-state index contributed by atoms with van der Waals surface area (Å²) in [6.45, 7) is 8.36. The molecule has 98 valence electrons. The molecule has 2 N–H and O–H groups in total. The van der Waals surface area contributed by atoms with E-state index in [0.717, 1.165) is 17.7 Å². The molecule has 1 aliphatic rings. The summed E-state index contributed by atoms with van der Waals surface area (Å²) in [5, 5.41) is 9.27. The zero-order valence-electron chi connectivity index (χ0n) is 11.3. The first-order chi connectivity index (χ1) is 8.12. The number of aromatic nitrogens is 1. The van der Waals surface area contributed by atoms with Crippen LogP contribution in [0, 0.1) is 5.41 Å². The SMILES string of the molecule is CC1(C)Cc2[nH]c(=O)cc(C(=O)O)c2C(C)(C)C1. The Morgan fingerprint density at radius 2 is 1.94 bits per heavy atom. The van der Waals surface area contributed by atoms with Gasteiger partial charge < -0.3 is 10.1 Å². The molecule has 0 fully saturated rings. The Labute approximate surface area is 106 Å². The summed E-state index contributed by atoms with van der Waals surface area (Å²) in [6.07, 6.45) is 1.61. The second kappa shape index (κ2) is 3.70. The Kier molecular flexibility index (Phi) is 2.65. The number of nitrogens with one attached hydrogen (secondary N) is 1. The molecule has 18 heavy (non-hydrogen) atoms. The van der Waals surface area contributed by atoms with Gasteiger partial charge >= 0.3 is 5.97 Å². The van der Waals surface area contributed by atoms with Gasteiger partial charge in [-0.2, -0.15) is 0 Å². The second-order valence-corrected chi connectivity index (χ2v) is 6.61. The van der Waals surface area contributed by atoms with E-state index in [4.69, 9.17) is 0 Å². The fourth-order valence-corrected chi connectivity index (χ4v) is 3.51. The molecule has 0 spiro atoms. The van der Waals surface area contributed by atoms with Gasteiger partial charge in [0.25, 0.3) is 0 Å². The van der Waals surface area contributed by atoms with E-state index < -0.39 is 5.97 Å². The van der Waals surface area contributed by atoms with Gasteiger partial charge in [0.15, 0.2) is 0 Å². The summed E-state index contributed by atoms with van der Waals surface area (Å²) in [6, 6.07) is 1.20. The van der Waals surface area contributed by atoms with E-state index >= 15 is 0 Å². The highest BCUT2D eigenvalue weighted by Crippen LogP contribution is 2.45. The molecule has 0 saturated heterocycles. The molecule has 0 aromatic carbocycles. The fraction of sp³-hybridized carbons (Fsp3) is 0.571. The number of rotatable bonds is 1. The van der Waals surface area contributed by atoms with Crippen molar-refractivity contribution in [2.24, 2.45) is 5.41 Å². The Morgan fingerprint density at radius 3 is 2.50 bits per heavy atom. The van der Waals surface area contributed by atoms with Crippen molar-refractivity contribution in [2.45, 2.75) is 46.0 Å². The van der Waals surface area contributed by atoms with Crippen molar-refractivity contribution in [3.05, 3.63) is 33.2 Å². The summed E-state index contributed by atoms with van der Waals surface area (Å²) >= 11 is 0. The number of carboxylic acid groups (broad SMARTS) is 1. The lowest BCUT2D eigenvalue weighted by atomic mass is 9.63. The number of hydrogen-bond donors (Lipinski definition) is 2. The van der Waals surface area contributed by atoms with E-state index in [2.05, 4.69) is 18.8 Å². The van der Waals surface area contributed by atoms with Crippen LogP contribution in [0.2, 0.25) is 0 Å². The van der Waals surface area contributed by atoms with Gasteiger partial charge in [0.05, 0.1) is 5.56 Å². The van der Waals surface area contributed by atoms with E-state index in [1.54, 1.807) is 0 Å². The minimum Gasteiger partial charge on any atom is -0.478 e. The number of fused-ring (bicyclic) bond motifs is 1. The molecule has 0 amide bonds. The standard InChI is InChI=1S/C14H19NO3/c1-13(2)6-9-11(14(3,4)7-13)8(12(17)18)5-10(16)15-9/h5H,6-7H2,1-4H3,(H,15,16)(H,17,18). The quantitative estimate of drug-likeness (QED) is 0.802. The minimum atomic E-state index is -1.02. The highest BCUT2D eigenvalue weighted by molar-refractivity contribution is 5.90. The summed E-state index contributed by atoms with van der Waals surface area (Å²) in [5.41, 5.74) is 1.20. The number of carboxylic acids is 1. The van der Waals surface area contributed by atoms with Crippen LogP contribution >= 0.6 is 0 Å². The van der Waals surface area contributed by atoms with Gasteiger partial charge in [0.2, 0.25) is 5.56 Å². The van der Waals surface area contributed by atoms with Crippen LogP contribution in [0.25, 0.3) is 0 Å². The van der Waals surface area contributed by atoms with Crippen LogP contribution in [-0.2, 0) is 11.8 Å². The smallest absolute Gasteiger partial charge is 0.336 e. The van der Waals surface area contributed by atoms with Crippen LogP contribution in [0.15, 0.2) is 10.9 Å². The molecule has 0 radical (unpaired) electrons. The topological polar surface area (TPSA) is 70.2 Å². The first-order valence-electron chi connectivity index (χ1n) is 6.12. The molecule has 2 rings (SSSR count). The fourth-order valence-electron chi connectivity index (χ4n) is 3.51. The monoisotopic (exact) mass is 249 g/mol. The lowest BCUT2D eigenvalue weighted by Crippen LogP contribution is -2.38. The summed E-state index contributed by atoms with van der Waals surface area (Å²) in [4.78, 5) is 25.7. The zero-order valence-corrected chi connectivity index (χ0v) is 11.3. The summed E-state index contributed by atoms with van der Waals surface area (Å²) < 4.78 is 0. The van der Waals surface area contributed by atoms with E-state index in [9.17, 15) is 14.7 Å². The predicted octanol–water partition coefficient (Wildman–Crippen LogP) is 2.32. The highest BCUT2D eigenvalue weighted by Gasteiger charge is 2.40. The zero-order chi connectivity index (χ0) is 13.7. The highest BCUT2D eigenvalue weighted by atomic mass is 16.4. The second-order valence-electron chi connectivity index (χ2n) is 6.61. The predicted molar refractivity (Wildman–Crippen MR) is 69.2 cm³/mol. The average molecular weight is 249 g/mol. The van der Waals surface area contributed by atoms with Crippen molar-refractivity contribution in [2.75, 3.05) is 0 Å². The average Bonchev–Trinajstić information content (AvgIpc) is 2.11. The maximum atomic E-state index is 11.6. The Hall–Kier alpha value is -1.58. The van der Waals surface area contributed by atoms with Crippen LogP contribution in [0.5, 0.6) is 0 Å². The van der Waals surface area contributed by atoms with E-state index in [0.29, 0.717) is 6.42 Å². The molecular formula is C14H19NO3. The van der Waals surface area contributed by atoms with Crippen molar-refractivity contribution >= 4 is 5.97 Å². The molecule has 1 aliphatic carbocycles. The van der Waals surface area contributed by atoms with E-state index in [1.807, 2.05) is 13.8 Å². The Bertz CT molecular complexity index is 567. The third-order valence-corrected chi connectivity index (χ3v) is 3.60. The van der Waals surface area contributed by atoms with E-state index in [1.165, 1.54) is 6.07 Å². The maximum Gasteiger partial charge on any atom is 0.336 e. The van der Waals surface area contributed by atoms with Crippen molar-refractivity contribution in [1.29, 1.82) is 0 Å². The van der Waals surface area contributed by atoms with Crippen LogP contribution in [0.1, 0.15) is 55.7 Å². The van der Waals surface area contributed by atoms with Gasteiger partial charge in [0.1, 0.15) is 0 Å². The summed E-state index contributed by atoms with van der Waals surface area (Å²) in [7, 11) is 0. The molecule has 1 heterocycles. The molecule has 1 aromatic rings. The van der Waals surface area contributed by atoms with Gasteiger partial charge in [-0.1, -0.05) is 27.7 Å². The lowest BCUT2D eigenvalue weighted by molar-refractivity contribution is 0.0690. The third-order valence-electron chi connectivity index (χ3n) is 3.60. The van der Waals surface area contributed by atoms with E-state index in [-0.39, 0.29) is 22.0 Å². The molecular weight excluding hydrogens is 230 g/mol. The molecule has 0 bridgehead atoms. The lowest BCUT2D eigenvalue weighted by Gasteiger charge is -2.42. The molecule has 0 aliphatic heterocycles. The molecule has 4 nitrogen and oxygen atoms in total. The molecule has 0 atom stereocenters. The van der Waals surface area contributed by atoms with Crippen LogP contribution in [-0.4, -0.2) is 16.1 Å². The number of hydrogen-bond acceptors (Lipinski definition) is 2. The van der Waals surface area contributed by atoms with Gasteiger partial charge in [-0.05, 0) is 29.2 Å². The Balaban J connectivity index is 2.76. The number of pyridine rings is 1. The molecule has 0 saturated carbocycles. The number of aromatic carboxylic acids is 1. The van der Waals surface area contributed by atoms with Crippen molar-refractivity contribution in [3.63, 3.8) is 0 Å². The van der Waals surface area contributed by atoms with Crippen molar-refractivity contribution in [1.82, 2.24) is 4.98 Å². The Morgan fingerprint density at radius 1 is 1.33 bits per heavy atom.